The Balaban J connectivity index is 1.61. The second kappa shape index (κ2) is 22.9. The third kappa shape index (κ3) is 15.9. The molecule has 0 aliphatic carbocycles. The maximum absolute atomic E-state index is 12.9. The van der Waals surface area contributed by atoms with Crippen molar-refractivity contribution in [3.63, 3.8) is 0 Å². The summed E-state index contributed by atoms with van der Waals surface area (Å²) < 4.78 is 0. The van der Waals surface area contributed by atoms with E-state index in [-0.39, 0.29) is 23.6 Å². The van der Waals surface area contributed by atoms with E-state index in [2.05, 4.69) is 0 Å². The highest BCUT2D eigenvalue weighted by Gasteiger charge is 2.21. The maximum Gasteiger partial charge on any atom is 0.229 e. The van der Waals surface area contributed by atoms with Crippen molar-refractivity contribution >= 4 is 23.6 Å². The highest BCUT2D eigenvalue weighted by molar-refractivity contribution is 5.95. The smallest absolute Gasteiger partial charge is 0.229 e. The summed E-state index contributed by atoms with van der Waals surface area (Å²) in [5.41, 5.74) is 0. The maximum atomic E-state index is 12.9. The van der Waals surface area contributed by atoms with Gasteiger partial charge < -0.3 is 0 Å². The molecule has 4 amide bonds. The molecule has 0 bridgehead atoms. The van der Waals surface area contributed by atoms with Crippen molar-refractivity contribution in [2.75, 3.05) is 13.1 Å². The van der Waals surface area contributed by atoms with Crippen LogP contribution in [0.2, 0.25) is 0 Å². The Morgan fingerprint density at radius 2 is 0.675 bits per heavy atom. The molecule has 0 atom stereocenters. The molecule has 2 fully saturated rings. The molecule has 0 aromatic heterocycles. The molecule has 0 radical (unpaired) electrons. The molecule has 230 valence electrons. The molecule has 0 spiro atoms. The minimum absolute atomic E-state index is 0.0110. The van der Waals surface area contributed by atoms with Crippen LogP contribution in [-0.4, -0.2) is 46.5 Å². The van der Waals surface area contributed by atoms with Gasteiger partial charge in [-0.15, -0.1) is 0 Å². The molecule has 2 heterocycles. The van der Waals surface area contributed by atoms with Gasteiger partial charge in [-0.2, -0.15) is 0 Å². The average molecular weight is 561 g/mol. The second-order valence-electron chi connectivity index (χ2n) is 12.4. The molecule has 0 saturated carbocycles. The van der Waals surface area contributed by atoms with E-state index in [9.17, 15) is 19.2 Å². The number of hydrogen-bond donors (Lipinski definition) is 0. The van der Waals surface area contributed by atoms with E-state index in [1.54, 1.807) is 9.80 Å². The van der Waals surface area contributed by atoms with Crippen LogP contribution in [-0.2, 0) is 19.2 Å². The molecule has 2 saturated heterocycles. The number of carbonyl (C=O) groups is 4. The standard InChI is InChI=1S/C34H60N2O4/c37-31-25-19-13-7-3-1-5-11-17-23-29-35(31)33(39)27-21-15-9-10-16-22-28-34(40)36-30-24-18-12-6-2-4-8-14-20-26-32(36)38/h1-30H2. The monoisotopic (exact) mass is 560 g/mol. The molecule has 40 heavy (non-hydrogen) atoms. The average Bonchev–Trinajstić information content (AvgIpc) is 2.98. The predicted octanol–water partition coefficient (Wildman–Crippen LogP) is 8.65. The third-order valence-corrected chi connectivity index (χ3v) is 8.78. The molecule has 2 aliphatic heterocycles. The molecule has 6 heteroatoms. The van der Waals surface area contributed by atoms with Gasteiger partial charge in [0.2, 0.25) is 23.6 Å². The molecule has 0 aromatic carbocycles. The summed E-state index contributed by atoms with van der Waals surface area (Å²) in [6, 6.07) is 0. The Morgan fingerprint density at radius 1 is 0.400 bits per heavy atom. The van der Waals surface area contributed by atoms with Crippen molar-refractivity contribution in [2.45, 2.75) is 180 Å². The van der Waals surface area contributed by atoms with Crippen molar-refractivity contribution in [1.82, 2.24) is 9.80 Å². The Morgan fingerprint density at radius 3 is 1.02 bits per heavy atom. The Labute approximate surface area is 245 Å². The normalized spacial score (nSPS) is 20.3. The van der Waals surface area contributed by atoms with Crippen LogP contribution >= 0.6 is 0 Å². The van der Waals surface area contributed by atoms with Crippen molar-refractivity contribution in [3.05, 3.63) is 0 Å². The molecule has 0 N–H and O–H groups in total. The van der Waals surface area contributed by atoms with Crippen LogP contribution in [0.1, 0.15) is 180 Å². The van der Waals surface area contributed by atoms with Crippen LogP contribution in [0.15, 0.2) is 0 Å². The summed E-state index contributed by atoms with van der Waals surface area (Å²) >= 11 is 0. The molecule has 2 rings (SSSR count). The SMILES string of the molecule is O=C1CCCCCCCCCCCN1C(=O)CCCCCCCCC(=O)N1CCCCCCCCCCCC1=O. The summed E-state index contributed by atoms with van der Waals surface area (Å²) in [4.78, 5) is 54.3. The van der Waals surface area contributed by atoms with Gasteiger partial charge >= 0.3 is 0 Å². The lowest BCUT2D eigenvalue weighted by molar-refractivity contribution is -0.146. The fourth-order valence-corrected chi connectivity index (χ4v) is 6.14. The molecule has 0 aromatic rings. The van der Waals surface area contributed by atoms with Gasteiger partial charge in [-0.1, -0.05) is 116 Å². The fraction of sp³-hybridized carbons (Fsp3) is 0.882. The molecule has 6 nitrogen and oxygen atoms in total. The van der Waals surface area contributed by atoms with Gasteiger partial charge in [-0.25, -0.2) is 0 Å². The highest BCUT2D eigenvalue weighted by Crippen LogP contribution is 2.17. The highest BCUT2D eigenvalue weighted by atomic mass is 16.2. The van der Waals surface area contributed by atoms with Crippen LogP contribution in [0.4, 0.5) is 0 Å². The first-order chi connectivity index (χ1) is 19.6. The summed E-state index contributed by atoms with van der Waals surface area (Å²) in [6.45, 7) is 1.18. The van der Waals surface area contributed by atoms with E-state index in [0.29, 0.717) is 38.8 Å². The lowest BCUT2D eigenvalue weighted by Gasteiger charge is -2.21. The lowest BCUT2D eigenvalue weighted by Crippen LogP contribution is -2.37. The molecular weight excluding hydrogens is 500 g/mol. The van der Waals surface area contributed by atoms with Crippen LogP contribution in [0.25, 0.3) is 0 Å². The quantitative estimate of drug-likeness (QED) is 0.264. The van der Waals surface area contributed by atoms with Crippen molar-refractivity contribution < 1.29 is 19.2 Å². The summed E-state index contributed by atoms with van der Waals surface area (Å²) in [5.74, 6) is 0.0778. The summed E-state index contributed by atoms with van der Waals surface area (Å²) in [6.07, 6.45) is 28.1. The number of unbranched alkanes of at least 4 members (excludes halogenated alkanes) is 5. The Kier molecular flexibility index (Phi) is 19.7. The van der Waals surface area contributed by atoms with Crippen LogP contribution in [0.3, 0.4) is 0 Å². The van der Waals surface area contributed by atoms with Gasteiger partial charge in [0.15, 0.2) is 0 Å². The predicted molar refractivity (Wildman–Crippen MR) is 163 cm³/mol. The van der Waals surface area contributed by atoms with Gasteiger partial charge in [0, 0.05) is 38.8 Å². The van der Waals surface area contributed by atoms with Crippen LogP contribution < -0.4 is 0 Å². The van der Waals surface area contributed by atoms with Gasteiger partial charge in [0.05, 0.1) is 0 Å². The van der Waals surface area contributed by atoms with Crippen molar-refractivity contribution in [1.29, 1.82) is 0 Å². The zero-order valence-electron chi connectivity index (χ0n) is 25.7. The largest absolute Gasteiger partial charge is 0.283 e. The number of imide groups is 2. The molecule has 2 aliphatic rings. The van der Waals surface area contributed by atoms with Gasteiger partial charge in [-0.05, 0) is 38.5 Å². The molecular formula is C34H60N2O4. The minimum Gasteiger partial charge on any atom is -0.283 e. The summed E-state index contributed by atoms with van der Waals surface area (Å²) in [5, 5.41) is 0. The van der Waals surface area contributed by atoms with Gasteiger partial charge in [-0.3, -0.25) is 29.0 Å². The third-order valence-electron chi connectivity index (χ3n) is 8.78. The van der Waals surface area contributed by atoms with E-state index < -0.39 is 0 Å². The van der Waals surface area contributed by atoms with E-state index in [4.69, 9.17) is 0 Å². The number of rotatable bonds is 9. The van der Waals surface area contributed by atoms with Gasteiger partial charge in [0.25, 0.3) is 0 Å². The summed E-state index contributed by atoms with van der Waals surface area (Å²) in [7, 11) is 0. The first-order valence-corrected chi connectivity index (χ1v) is 17.3. The number of nitrogens with zero attached hydrogens (tertiary/aromatic N) is 2. The number of carbonyl (C=O) groups excluding carboxylic acids is 4. The Bertz CT molecular complexity index is 663. The van der Waals surface area contributed by atoms with Crippen LogP contribution in [0.5, 0.6) is 0 Å². The van der Waals surface area contributed by atoms with Crippen molar-refractivity contribution in [2.24, 2.45) is 0 Å². The van der Waals surface area contributed by atoms with Gasteiger partial charge in [0.1, 0.15) is 0 Å². The zero-order valence-corrected chi connectivity index (χ0v) is 25.7. The second-order valence-corrected chi connectivity index (χ2v) is 12.4. The topological polar surface area (TPSA) is 74.8 Å². The van der Waals surface area contributed by atoms with E-state index >= 15 is 0 Å². The van der Waals surface area contributed by atoms with E-state index in [1.165, 1.54) is 64.2 Å². The number of hydrogen-bond acceptors (Lipinski definition) is 4. The first kappa shape index (κ1) is 34.5. The van der Waals surface area contributed by atoms with Crippen LogP contribution in [0, 0.1) is 0 Å². The van der Waals surface area contributed by atoms with E-state index in [1.807, 2.05) is 0 Å². The molecule has 0 unspecified atom stereocenters. The minimum atomic E-state index is 0.0110. The van der Waals surface area contributed by atoms with E-state index in [0.717, 1.165) is 89.9 Å². The van der Waals surface area contributed by atoms with Crippen molar-refractivity contribution in [3.8, 4) is 0 Å². The zero-order chi connectivity index (χ0) is 28.7. The lowest BCUT2D eigenvalue weighted by atomic mass is 10.1. The Hall–Kier alpha value is -1.72. The first-order valence-electron chi connectivity index (χ1n) is 17.3. The fourth-order valence-electron chi connectivity index (χ4n) is 6.14. The number of amides is 4.